The van der Waals surface area contributed by atoms with Crippen LogP contribution >= 0.6 is 0 Å². The van der Waals surface area contributed by atoms with Crippen LogP contribution in [0.15, 0.2) is 48.9 Å². The van der Waals surface area contributed by atoms with Gasteiger partial charge in [0.25, 0.3) is 0 Å². The molecule has 0 amide bonds. The Balaban J connectivity index is 1.59. The van der Waals surface area contributed by atoms with Crippen LogP contribution in [0.2, 0.25) is 0 Å². The molecule has 112 valence electrons. The number of nitrogens with one attached hydrogen (secondary N) is 2. The van der Waals surface area contributed by atoms with Crippen LogP contribution in [0, 0.1) is 0 Å². The molecular weight excluding hydrogens is 274 g/mol. The highest BCUT2D eigenvalue weighted by atomic mass is 15.2. The zero-order valence-corrected chi connectivity index (χ0v) is 12.4. The van der Waals surface area contributed by atoms with Crippen molar-refractivity contribution in [2.75, 3.05) is 19.6 Å². The van der Waals surface area contributed by atoms with E-state index in [0.717, 1.165) is 37.1 Å². The molecule has 2 aromatic heterocycles. The van der Waals surface area contributed by atoms with Crippen molar-refractivity contribution in [1.82, 2.24) is 25.4 Å². The lowest BCUT2D eigenvalue weighted by Crippen LogP contribution is -2.45. The van der Waals surface area contributed by atoms with E-state index in [1.807, 2.05) is 18.6 Å². The van der Waals surface area contributed by atoms with Crippen LogP contribution < -0.4 is 5.32 Å². The second-order valence-electron chi connectivity index (χ2n) is 5.76. The van der Waals surface area contributed by atoms with E-state index < -0.39 is 0 Å². The number of hydrogen-bond acceptors (Lipinski definition) is 4. The van der Waals surface area contributed by atoms with Crippen LogP contribution in [0.5, 0.6) is 0 Å². The summed E-state index contributed by atoms with van der Waals surface area (Å²) in [6.07, 6.45) is 5.61. The molecule has 1 aromatic carbocycles. The third-order valence-corrected chi connectivity index (χ3v) is 4.34. The van der Waals surface area contributed by atoms with Gasteiger partial charge in [0.1, 0.15) is 0 Å². The second-order valence-corrected chi connectivity index (χ2v) is 5.76. The maximum atomic E-state index is 4.13. The molecule has 1 saturated heterocycles. The lowest BCUT2D eigenvalue weighted by Gasteiger charge is -2.36. The number of fused-ring (bicyclic) bond motifs is 1. The van der Waals surface area contributed by atoms with Gasteiger partial charge < -0.3 is 5.32 Å². The van der Waals surface area contributed by atoms with E-state index in [9.17, 15) is 0 Å². The van der Waals surface area contributed by atoms with Crippen molar-refractivity contribution >= 4 is 10.9 Å². The van der Waals surface area contributed by atoms with Gasteiger partial charge >= 0.3 is 0 Å². The largest absolute Gasteiger partial charge is 0.314 e. The minimum absolute atomic E-state index is 0.397. The molecule has 1 unspecified atom stereocenters. The summed E-state index contributed by atoms with van der Waals surface area (Å²) in [6, 6.07) is 11.2. The standard InChI is InChI=1S/C17H19N5/c1-2-15-10-20-21-16(15)9-13(1)12-22-8-7-19-11-17(22)14-3-5-18-6-4-14/h1-6,9-10,17,19H,7-8,11-12H2,(H,20,21). The number of H-pyrrole nitrogens is 1. The Kier molecular flexibility index (Phi) is 3.58. The van der Waals surface area contributed by atoms with Crippen molar-refractivity contribution < 1.29 is 0 Å². The number of aromatic amines is 1. The maximum Gasteiger partial charge on any atom is 0.0653 e. The lowest BCUT2D eigenvalue weighted by atomic mass is 10.0. The molecule has 2 N–H and O–H groups in total. The van der Waals surface area contributed by atoms with Crippen LogP contribution in [0.1, 0.15) is 17.2 Å². The van der Waals surface area contributed by atoms with Gasteiger partial charge in [0.2, 0.25) is 0 Å². The average molecular weight is 293 g/mol. The van der Waals surface area contributed by atoms with E-state index in [2.05, 4.69) is 55.7 Å². The van der Waals surface area contributed by atoms with Crippen LogP contribution in [0.4, 0.5) is 0 Å². The third kappa shape index (κ3) is 2.61. The molecule has 0 bridgehead atoms. The van der Waals surface area contributed by atoms with Crippen LogP contribution in [-0.4, -0.2) is 39.7 Å². The molecule has 1 fully saturated rings. The summed E-state index contributed by atoms with van der Waals surface area (Å²) in [6.45, 7) is 4.02. The fourth-order valence-electron chi connectivity index (χ4n) is 3.17. The Labute approximate surface area is 129 Å². The fourth-order valence-corrected chi connectivity index (χ4v) is 3.17. The summed E-state index contributed by atoms with van der Waals surface area (Å²) in [7, 11) is 0. The average Bonchev–Trinajstić information content (AvgIpc) is 3.04. The topological polar surface area (TPSA) is 56.8 Å². The first kappa shape index (κ1) is 13.4. The first-order valence-corrected chi connectivity index (χ1v) is 7.67. The Bertz CT molecular complexity index is 752. The van der Waals surface area contributed by atoms with Gasteiger partial charge in [-0.1, -0.05) is 12.1 Å². The summed E-state index contributed by atoms with van der Waals surface area (Å²) < 4.78 is 0. The smallest absolute Gasteiger partial charge is 0.0653 e. The first-order chi connectivity index (χ1) is 10.9. The molecule has 3 heterocycles. The number of benzene rings is 1. The molecular formula is C17H19N5. The Morgan fingerprint density at radius 1 is 1.18 bits per heavy atom. The van der Waals surface area contributed by atoms with Crippen molar-refractivity contribution in [2.24, 2.45) is 0 Å². The van der Waals surface area contributed by atoms with Gasteiger partial charge in [-0.2, -0.15) is 5.10 Å². The van der Waals surface area contributed by atoms with Crippen LogP contribution in [0.3, 0.4) is 0 Å². The Hall–Kier alpha value is -2.24. The Morgan fingerprint density at radius 3 is 3.00 bits per heavy atom. The lowest BCUT2D eigenvalue weighted by molar-refractivity contribution is 0.154. The summed E-state index contributed by atoms with van der Waals surface area (Å²) >= 11 is 0. The van der Waals surface area contributed by atoms with Gasteiger partial charge in [0.05, 0.1) is 11.7 Å². The van der Waals surface area contributed by atoms with Crippen molar-refractivity contribution in [3.05, 3.63) is 60.0 Å². The van der Waals surface area contributed by atoms with Gasteiger partial charge in [-0.15, -0.1) is 0 Å². The molecule has 4 rings (SSSR count). The van der Waals surface area contributed by atoms with E-state index in [4.69, 9.17) is 0 Å². The van der Waals surface area contributed by atoms with E-state index >= 15 is 0 Å². The highest BCUT2D eigenvalue weighted by molar-refractivity contribution is 5.78. The molecule has 1 aliphatic heterocycles. The summed E-state index contributed by atoms with van der Waals surface area (Å²) in [5.41, 5.74) is 3.75. The molecule has 0 radical (unpaired) electrons. The van der Waals surface area contributed by atoms with E-state index in [0.29, 0.717) is 6.04 Å². The predicted octanol–water partition coefficient (Wildman–Crippen LogP) is 2.10. The summed E-state index contributed by atoms with van der Waals surface area (Å²) in [5, 5.41) is 11.8. The molecule has 5 nitrogen and oxygen atoms in total. The second kappa shape index (κ2) is 5.87. The van der Waals surface area contributed by atoms with E-state index in [1.54, 1.807) is 0 Å². The van der Waals surface area contributed by atoms with Crippen molar-refractivity contribution in [2.45, 2.75) is 12.6 Å². The van der Waals surface area contributed by atoms with Gasteiger partial charge in [-0.3, -0.25) is 15.0 Å². The van der Waals surface area contributed by atoms with Gasteiger partial charge in [-0.05, 0) is 29.3 Å². The highest BCUT2D eigenvalue weighted by Gasteiger charge is 2.23. The predicted molar refractivity (Wildman–Crippen MR) is 86.4 cm³/mol. The number of pyridine rings is 1. The number of nitrogens with zero attached hydrogens (tertiary/aromatic N) is 3. The zero-order chi connectivity index (χ0) is 14.8. The van der Waals surface area contributed by atoms with E-state index in [-0.39, 0.29) is 0 Å². The molecule has 0 aliphatic carbocycles. The van der Waals surface area contributed by atoms with Crippen LogP contribution in [0.25, 0.3) is 10.9 Å². The molecule has 22 heavy (non-hydrogen) atoms. The number of piperazine rings is 1. The van der Waals surface area contributed by atoms with Crippen molar-refractivity contribution in [3.8, 4) is 0 Å². The normalized spacial score (nSPS) is 19.5. The van der Waals surface area contributed by atoms with Gasteiger partial charge in [0, 0.05) is 50.0 Å². The number of rotatable bonds is 3. The SMILES string of the molecule is c1cc(C2CNCCN2Cc2ccc3cn[nH]c3c2)ccn1. The number of hydrogen-bond donors (Lipinski definition) is 2. The van der Waals surface area contributed by atoms with Gasteiger partial charge in [0.15, 0.2) is 0 Å². The summed E-state index contributed by atoms with van der Waals surface area (Å²) in [4.78, 5) is 6.66. The van der Waals surface area contributed by atoms with Crippen molar-refractivity contribution in [3.63, 3.8) is 0 Å². The monoisotopic (exact) mass is 293 g/mol. The molecule has 0 saturated carbocycles. The molecule has 0 spiro atoms. The fraction of sp³-hybridized carbons (Fsp3) is 0.294. The quantitative estimate of drug-likeness (QED) is 0.776. The number of aromatic nitrogens is 3. The van der Waals surface area contributed by atoms with Gasteiger partial charge in [-0.25, -0.2) is 0 Å². The molecule has 3 aromatic rings. The van der Waals surface area contributed by atoms with Crippen molar-refractivity contribution in [1.29, 1.82) is 0 Å². The minimum Gasteiger partial charge on any atom is -0.314 e. The molecule has 5 heteroatoms. The van der Waals surface area contributed by atoms with E-state index in [1.165, 1.54) is 11.1 Å². The zero-order valence-electron chi connectivity index (χ0n) is 12.4. The third-order valence-electron chi connectivity index (χ3n) is 4.34. The summed E-state index contributed by atoms with van der Waals surface area (Å²) in [5.74, 6) is 0. The highest BCUT2D eigenvalue weighted by Crippen LogP contribution is 2.24. The maximum absolute atomic E-state index is 4.13. The first-order valence-electron chi connectivity index (χ1n) is 7.67. The molecule has 1 aliphatic rings. The van der Waals surface area contributed by atoms with Crippen LogP contribution in [-0.2, 0) is 6.54 Å². The minimum atomic E-state index is 0.397. The molecule has 1 atom stereocenters. The Morgan fingerprint density at radius 2 is 2.09 bits per heavy atom.